The standard InChI is InChI=1S/C13H17N3O3/c14-12(16-19)10-2-1-3-11(10)15-13(18)8-4-6-9(17)7-5-8/h4-7,10-11,17,19H,1-3H2,(H2,14,16)(H,15,18). The van der Waals surface area contributed by atoms with Gasteiger partial charge in [-0.3, -0.25) is 4.79 Å². The maximum atomic E-state index is 12.0. The molecule has 6 heteroatoms. The molecule has 0 saturated heterocycles. The van der Waals surface area contributed by atoms with Gasteiger partial charge in [-0.05, 0) is 37.1 Å². The number of hydrogen-bond acceptors (Lipinski definition) is 4. The molecule has 1 amide bonds. The number of carbonyl (C=O) groups excluding carboxylic acids is 1. The number of benzene rings is 1. The van der Waals surface area contributed by atoms with Crippen molar-refractivity contribution in [1.82, 2.24) is 5.32 Å². The number of hydrogen-bond donors (Lipinski definition) is 4. The number of amidine groups is 1. The minimum atomic E-state index is -0.220. The zero-order valence-corrected chi connectivity index (χ0v) is 10.4. The lowest BCUT2D eigenvalue weighted by molar-refractivity contribution is 0.0933. The Morgan fingerprint density at radius 1 is 1.32 bits per heavy atom. The first-order valence-electron chi connectivity index (χ1n) is 6.19. The molecule has 102 valence electrons. The molecule has 0 aromatic heterocycles. The fourth-order valence-corrected chi connectivity index (χ4v) is 2.43. The Kier molecular flexibility index (Phi) is 3.89. The quantitative estimate of drug-likeness (QED) is 0.283. The number of nitrogens with zero attached hydrogens (tertiary/aromatic N) is 1. The van der Waals surface area contributed by atoms with Crippen molar-refractivity contribution < 1.29 is 15.1 Å². The first-order chi connectivity index (χ1) is 9.11. The van der Waals surface area contributed by atoms with E-state index in [4.69, 9.17) is 10.9 Å². The predicted molar refractivity (Wildman–Crippen MR) is 70.1 cm³/mol. The number of aromatic hydroxyl groups is 1. The highest BCUT2D eigenvalue weighted by Gasteiger charge is 2.31. The molecule has 19 heavy (non-hydrogen) atoms. The Hall–Kier alpha value is -2.24. The van der Waals surface area contributed by atoms with Gasteiger partial charge in [-0.2, -0.15) is 0 Å². The number of rotatable bonds is 3. The highest BCUT2D eigenvalue weighted by Crippen LogP contribution is 2.26. The van der Waals surface area contributed by atoms with Crippen LogP contribution >= 0.6 is 0 Å². The molecular formula is C13H17N3O3. The van der Waals surface area contributed by atoms with Crippen molar-refractivity contribution in [3.05, 3.63) is 29.8 Å². The number of carbonyl (C=O) groups is 1. The molecule has 0 bridgehead atoms. The molecule has 1 aromatic carbocycles. The average Bonchev–Trinajstić information content (AvgIpc) is 2.86. The van der Waals surface area contributed by atoms with Gasteiger partial charge in [0, 0.05) is 17.5 Å². The zero-order valence-electron chi connectivity index (χ0n) is 10.4. The van der Waals surface area contributed by atoms with Gasteiger partial charge < -0.3 is 21.4 Å². The minimum absolute atomic E-state index is 0.114. The summed E-state index contributed by atoms with van der Waals surface area (Å²) in [7, 11) is 0. The lowest BCUT2D eigenvalue weighted by atomic mass is 10.0. The zero-order chi connectivity index (χ0) is 13.8. The summed E-state index contributed by atoms with van der Waals surface area (Å²) in [5.74, 6) is -0.0610. The van der Waals surface area contributed by atoms with Gasteiger partial charge in [-0.1, -0.05) is 11.6 Å². The molecule has 0 aliphatic heterocycles. The molecule has 1 aliphatic rings. The van der Waals surface area contributed by atoms with Crippen LogP contribution in [0.2, 0.25) is 0 Å². The molecule has 1 aromatic rings. The second-order valence-electron chi connectivity index (χ2n) is 4.69. The SMILES string of the molecule is N/C(=N/O)C1CCCC1NC(=O)c1ccc(O)cc1. The van der Waals surface area contributed by atoms with Crippen LogP contribution in [0.25, 0.3) is 0 Å². The van der Waals surface area contributed by atoms with E-state index in [1.165, 1.54) is 12.1 Å². The second kappa shape index (κ2) is 5.60. The normalized spacial score (nSPS) is 23.3. The topological polar surface area (TPSA) is 108 Å². The van der Waals surface area contributed by atoms with Crippen molar-refractivity contribution in [1.29, 1.82) is 0 Å². The molecule has 2 unspecified atom stereocenters. The van der Waals surface area contributed by atoms with E-state index >= 15 is 0 Å². The van der Waals surface area contributed by atoms with E-state index in [1.54, 1.807) is 12.1 Å². The van der Waals surface area contributed by atoms with Gasteiger partial charge in [-0.15, -0.1) is 0 Å². The first-order valence-corrected chi connectivity index (χ1v) is 6.19. The van der Waals surface area contributed by atoms with Gasteiger partial charge in [0.05, 0.1) is 0 Å². The molecule has 2 rings (SSSR count). The van der Waals surface area contributed by atoms with Gasteiger partial charge in [-0.25, -0.2) is 0 Å². The van der Waals surface area contributed by atoms with Crippen molar-refractivity contribution in [2.24, 2.45) is 16.8 Å². The summed E-state index contributed by atoms with van der Waals surface area (Å²) in [5.41, 5.74) is 6.09. The lowest BCUT2D eigenvalue weighted by Crippen LogP contribution is -2.42. The lowest BCUT2D eigenvalue weighted by Gasteiger charge is -2.19. The average molecular weight is 263 g/mol. The number of phenols is 1. The highest BCUT2D eigenvalue weighted by atomic mass is 16.4. The van der Waals surface area contributed by atoms with Gasteiger partial charge in [0.1, 0.15) is 11.6 Å². The van der Waals surface area contributed by atoms with E-state index < -0.39 is 0 Å². The van der Waals surface area contributed by atoms with Crippen LogP contribution in [0.4, 0.5) is 0 Å². The van der Waals surface area contributed by atoms with E-state index in [0.29, 0.717) is 5.56 Å². The molecule has 5 N–H and O–H groups in total. The van der Waals surface area contributed by atoms with Crippen LogP contribution in [-0.4, -0.2) is 28.1 Å². The van der Waals surface area contributed by atoms with Crippen molar-refractivity contribution >= 4 is 11.7 Å². The first kappa shape index (κ1) is 13.2. The van der Waals surface area contributed by atoms with E-state index in [9.17, 15) is 9.90 Å². The number of phenolic OH excluding ortho intramolecular Hbond substituents is 1. The van der Waals surface area contributed by atoms with Gasteiger partial charge in [0.15, 0.2) is 0 Å². The van der Waals surface area contributed by atoms with Crippen molar-refractivity contribution in [3.63, 3.8) is 0 Å². The highest BCUT2D eigenvalue weighted by molar-refractivity contribution is 5.95. The summed E-state index contributed by atoms with van der Waals surface area (Å²) < 4.78 is 0. The van der Waals surface area contributed by atoms with Crippen LogP contribution in [0.3, 0.4) is 0 Å². The summed E-state index contributed by atoms with van der Waals surface area (Å²) in [6.07, 6.45) is 2.54. The monoisotopic (exact) mass is 263 g/mol. The number of amides is 1. The largest absolute Gasteiger partial charge is 0.508 e. The number of nitrogens with one attached hydrogen (secondary N) is 1. The minimum Gasteiger partial charge on any atom is -0.508 e. The Morgan fingerprint density at radius 3 is 2.63 bits per heavy atom. The van der Waals surface area contributed by atoms with Gasteiger partial charge in [0.25, 0.3) is 5.91 Å². The molecule has 0 radical (unpaired) electrons. The summed E-state index contributed by atoms with van der Waals surface area (Å²) in [5, 5.41) is 23.8. The van der Waals surface area contributed by atoms with E-state index in [0.717, 1.165) is 19.3 Å². The van der Waals surface area contributed by atoms with E-state index in [1.807, 2.05) is 0 Å². The van der Waals surface area contributed by atoms with Crippen LogP contribution in [0, 0.1) is 5.92 Å². The third-order valence-electron chi connectivity index (χ3n) is 3.46. The molecule has 2 atom stereocenters. The fourth-order valence-electron chi connectivity index (χ4n) is 2.43. The molecule has 1 aliphatic carbocycles. The van der Waals surface area contributed by atoms with Crippen molar-refractivity contribution in [2.75, 3.05) is 0 Å². The summed E-state index contributed by atoms with van der Waals surface area (Å²) in [4.78, 5) is 12.0. The summed E-state index contributed by atoms with van der Waals surface area (Å²) in [6, 6.07) is 5.92. The van der Waals surface area contributed by atoms with Crippen LogP contribution < -0.4 is 11.1 Å². The molecule has 0 heterocycles. The molecular weight excluding hydrogens is 246 g/mol. The van der Waals surface area contributed by atoms with E-state index in [-0.39, 0.29) is 29.5 Å². The number of nitrogens with two attached hydrogens (primary N) is 1. The maximum absolute atomic E-state index is 12.0. The molecule has 1 saturated carbocycles. The Morgan fingerprint density at radius 2 is 2.00 bits per heavy atom. The Labute approximate surface area is 110 Å². The summed E-state index contributed by atoms with van der Waals surface area (Å²) in [6.45, 7) is 0. The Balaban J connectivity index is 2.04. The van der Waals surface area contributed by atoms with Gasteiger partial charge in [0.2, 0.25) is 0 Å². The second-order valence-corrected chi connectivity index (χ2v) is 4.69. The van der Waals surface area contributed by atoms with Crippen LogP contribution in [0.15, 0.2) is 29.4 Å². The Bertz CT molecular complexity index is 484. The van der Waals surface area contributed by atoms with Gasteiger partial charge >= 0.3 is 0 Å². The smallest absolute Gasteiger partial charge is 0.251 e. The number of oxime groups is 1. The third-order valence-corrected chi connectivity index (χ3v) is 3.46. The summed E-state index contributed by atoms with van der Waals surface area (Å²) >= 11 is 0. The fraction of sp³-hybridized carbons (Fsp3) is 0.385. The van der Waals surface area contributed by atoms with Crippen LogP contribution in [-0.2, 0) is 0 Å². The van der Waals surface area contributed by atoms with E-state index in [2.05, 4.69) is 10.5 Å². The predicted octanol–water partition coefficient (Wildman–Crippen LogP) is 1.04. The molecule has 1 fully saturated rings. The van der Waals surface area contributed by atoms with Crippen molar-refractivity contribution in [2.45, 2.75) is 25.3 Å². The van der Waals surface area contributed by atoms with Crippen LogP contribution in [0.5, 0.6) is 5.75 Å². The van der Waals surface area contributed by atoms with Crippen molar-refractivity contribution in [3.8, 4) is 5.75 Å². The maximum Gasteiger partial charge on any atom is 0.251 e. The molecule has 6 nitrogen and oxygen atoms in total. The van der Waals surface area contributed by atoms with Crippen LogP contribution in [0.1, 0.15) is 29.6 Å². The third kappa shape index (κ3) is 2.96. The molecule has 0 spiro atoms.